The van der Waals surface area contributed by atoms with Crippen LogP contribution in [-0.4, -0.2) is 45.2 Å². The van der Waals surface area contributed by atoms with E-state index in [1.165, 1.54) is 6.07 Å². The molecule has 3 heterocycles. The highest BCUT2D eigenvalue weighted by atomic mass is 19.1. The Labute approximate surface area is 184 Å². The first-order valence-corrected chi connectivity index (χ1v) is 10.9. The van der Waals surface area contributed by atoms with E-state index in [-0.39, 0.29) is 17.7 Å². The number of ether oxygens (including phenoxy) is 1. The Hall–Kier alpha value is -3.55. The van der Waals surface area contributed by atoms with Crippen LogP contribution in [0.15, 0.2) is 42.5 Å². The topological polar surface area (TPSA) is 72.6 Å². The van der Waals surface area contributed by atoms with Crippen molar-refractivity contribution >= 4 is 28.5 Å². The van der Waals surface area contributed by atoms with E-state index in [2.05, 4.69) is 15.1 Å². The maximum absolute atomic E-state index is 14.7. The predicted molar refractivity (Wildman–Crippen MR) is 120 cm³/mol. The molecule has 0 radical (unpaired) electrons. The lowest BCUT2D eigenvalue weighted by Gasteiger charge is -2.32. The van der Waals surface area contributed by atoms with Crippen molar-refractivity contribution in [2.45, 2.75) is 26.7 Å². The number of rotatable bonds is 4. The number of esters is 1. The van der Waals surface area contributed by atoms with Crippen LogP contribution in [-0.2, 0) is 9.53 Å². The Morgan fingerprint density at radius 3 is 2.88 bits per heavy atom. The third-order valence-corrected chi connectivity index (χ3v) is 5.92. The third kappa shape index (κ3) is 3.45. The van der Waals surface area contributed by atoms with Crippen LogP contribution < -0.4 is 4.90 Å². The van der Waals surface area contributed by atoms with Crippen molar-refractivity contribution in [1.29, 1.82) is 0 Å². The number of carbonyl (C=O) groups is 1. The molecule has 1 aliphatic heterocycles. The molecule has 5 rings (SSSR count). The van der Waals surface area contributed by atoms with Crippen molar-refractivity contribution in [3.63, 3.8) is 0 Å². The van der Waals surface area contributed by atoms with Gasteiger partial charge in [0.1, 0.15) is 5.82 Å². The van der Waals surface area contributed by atoms with Gasteiger partial charge in [-0.05, 0) is 51.0 Å². The van der Waals surface area contributed by atoms with Crippen LogP contribution in [0.2, 0.25) is 0 Å². The van der Waals surface area contributed by atoms with Crippen LogP contribution >= 0.6 is 0 Å². The number of carbonyl (C=O) groups excluding carboxylic acids is 1. The van der Waals surface area contributed by atoms with Crippen molar-refractivity contribution < 1.29 is 13.9 Å². The van der Waals surface area contributed by atoms with Gasteiger partial charge in [-0.2, -0.15) is 0 Å². The van der Waals surface area contributed by atoms with E-state index in [0.717, 1.165) is 35.9 Å². The average Bonchev–Trinajstić information content (AvgIpc) is 3.24. The van der Waals surface area contributed by atoms with E-state index in [0.29, 0.717) is 36.1 Å². The van der Waals surface area contributed by atoms with Gasteiger partial charge in [0.2, 0.25) is 5.95 Å². The number of aryl methyl sites for hydroxylation is 1. The van der Waals surface area contributed by atoms with Gasteiger partial charge in [-0.3, -0.25) is 4.79 Å². The lowest BCUT2D eigenvalue weighted by molar-refractivity contribution is -0.148. The molecule has 1 fully saturated rings. The highest BCUT2D eigenvalue weighted by molar-refractivity contribution is 5.94. The van der Waals surface area contributed by atoms with E-state index in [1.807, 2.05) is 36.4 Å². The molecule has 2 aromatic heterocycles. The SMILES string of the molecule is CCOC(=O)[C@@H]1CCCN(c2nc3ccc(C)cc3c3nnc(-c4ccccc4F)n23)C1. The summed E-state index contributed by atoms with van der Waals surface area (Å²) in [6.07, 6.45) is 1.60. The van der Waals surface area contributed by atoms with Crippen LogP contribution in [0.25, 0.3) is 27.9 Å². The fraction of sp³-hybridized carbons (Fsp3) is 0.333. The molecule has 8 heteroatoms. The Kier molecular flexibility index (Phi) is 5.20. The van der Waals surface area contributed by atoms with Crippen molar-refractivity contribution in [1.82, 2.24) is 19.6 Å². The van der Waals surface area contributed by atoms with Gasteiger partial charge in [0.05, 0.1) is 23.6 Å². The number of halogens is 1. The van der Waals surface area contributed by atoms with Gasteiger partial charge >= 0.3 is 5.97 Å². The summed E-state index contributed by atoms with van der Waals surface area (Å²) in [6, 6.07) is 12.5. The summed E-state index contributed by atoms with van der Waals surface area (Å²) in [5.41, 5.74) is 2.83. The Bertz CT molecular complexity index is 1320. The zero-order chi connectivity index (χ0) is 22.2. The third-order valence-electron chi connectivity index (χ3n) is 5.92. The first kappa shape index (κ1) is 20.4. The van der Waals surface area contributed by atoms with E-state index in [1.54, 1.807) is 18.2 Å². The minimum Gasteiger partial charge on any atom is -0.466 e. The first-order chi connectivity index (χ1) is 15.6. The Morgan fingerprint density at radius 2 is 2.06 bits per heavy atom. The van der Waals surface area contributed by atoms with Crippen molar-refractivity contribution in [2.75, 3.05) is 24.6 Å². The van der Waals surface area contributed by atoms with Crippen LogP contribution in [0, 0.1) is 18.7 Å². The molecule has 0 aliphatic carbocycles. The maximum atomic E-state index is 14.7. The number of hydrogen-bond donors (Lipinski definition) is 0. The second-order valence-electron chi connectivity index (χ2n) is 8.13. The summed E-state index contributed by atoms with van der Waals surface area (Å²) < 4.78 is 21.8. The van der Waals surface area contributed by atoms with Gasteiger partial charge in [-0.1, -0.05) is 23.8 Å². The largest absolute Gasteiger partial charge is 0.466 e. The minimum atomic E-state index is -0.375. The Balaban J connectivity index is 1.72. The van der Waals surface area contributed by atoms with Gasteiger partial charge in [0.15, 0.2) is 11.5 Å². The molecule has 1 aliphatic rings. The van der Waals surface area contributed by atoms with Gasteiger partial charge < -0.3 is 9.64 Å². The molecule has 2 aromatic carbocycles. The summed E-state index contributed by atoms with van der Waals surface area (Å²) >= 11 is 0. The van der Waals surface area contributed by atoms with Gasteiger partial charge in [-0.15, -0.1) is 10.2 Å². The average molecular weight is 433 g/mol. The number of benzene rings is 2. The lowest BCUT2D eigenvalue weighted by Crippen LogP contribution is -2.40. The summed E-state index contributed by atoms with van der Waals surface area (Å²) in [7, 11) is 0. The fourth-order valence-electron chi connectivity index (χ4n) is 4.37. The molecule has 164 valence electrons. The predicted octanol–water partition coefficient (Wildman–Crippen LogP) is 4.17. The number of anilines is 1. The second kappa shape index (κ2) is 8.18. The number of aromatic nitrogens is 4. The van der Waals surface area contributed by atoms with Crippen molar-refractivity contribution in [2.24, 2.45) is 5.92 Å². The van der Waals surface area contributed by atoms with Crippen LogP contribution in [0.5, 0.6) is 0 Å². The quantitative estimate of drug-likeness (QED) is 0.450. The molecular formula is C24H24FN5O2. The summed E-state index contributed by atoms with van der Waals surface area (Å²) in [5.74, 6) is 0.196. The number of nitrogens with zero attached hydrogens (tertiary/aromatic N) is 5. The summed E-state index contributed by atoms with van der Waals surface area (Å²) in [6.45, 7) is 5.38. The molecule has 0 unspecified atom stereocenters. The van der Waals surface area contributed by atoms with Crippen molar-refractivity contribution in [3.05, 3.63) is 53.8 Å². The van der Waals surface area contributed by atoms with Crippen LogP contribution in [0.3, 0.4) is 0 Å². The van der Waals surface area contributed by atoms with E-state index in [4.69, 9.17) is 9.72 Å². The van der Waals surface area contributed by atoms with Gasteiger partial charge in [0.25, 0.3) is 0 Å². The molecule has 1 atom stereocenters. The highest BCUT2D eigenvalue weighted by Crippen LogP contribution is 2.32. The molecule has 4 aromatic rings. The molecule has 0 amide bonds. The van der Waals surface area contributed by atoms with Gasteiger partial charge in [-0.25, -0.2) is 13.8 Å². The summed E-state index contributed by atoms with van der Waals surface area (Å²) in [4.78, 5) is 19.4. The summed E-state index contributed by atoms with van der Waals surface area (Å²) in [5, 5.41) is 9.64. The minimum absolute atomic E-state index is 0.192. The standard InChI is InChI=1S/C24H24FN5O2/c1-3-32-23(31)16-7-6-12-29(14-16)24-26-20-11-10-15(2)13-18(20)22-28-27-21(30(22)24)17-8-4-5-9-19(17)25/h4-5,8-11,13,16H,3,6-7,12,14H2,1-2H3/t16-/m1/s1. The van der Waals surface area contributed by atoms with Gasteiger partial charge in [0, 0.05) is 18.5 Å². The molecule has 0 saturated carbocycles. The molecular weight excluding hydrogens is 409 g/mol. The molecule has 0 spiro atoms. The molecule has 0 N–H and O–H groups in total. The molecule has 7 nitrogen and oxygen atoms in total. The maximum Gasteiger partial charge on any atom is 0.310 e. The van der Waals surface area contributed by atoms with E-state index >= 15 is 0 Å². The number of hydrogen-bond acceptors (Lipinski definition) is 6. The Morgan fingerprint density at radius 1 is 1.22 bits per heavy atom. The fourth-order valence-corrected chi connectivity index (χ4v) is 4.37. The lowest BCUT2D eigenvalue weighted by atomic mass is 9.98. The van der Waals surface area contributed by atoms with Crippen LogP contribution in [0.4, 0.5) is 10.3 Å². The highest BCUT2D eigenvalue weighted by Gasteiger charge is 2.30. The van der Waals surface area contributed by atoms with Crippen LogP contribution in [0.1, 0.15) is 25.3 Å². The van der Waals surface area contributed by atoms with E-state index in [9.17, 15) is 9.18 Å². The smallest absolute Gasteiger partial charge is 0.310 e. The zero-order valence-electron chi connectivity index (χ0n) is 18.1. The van der Waals surface area contributed by atoms with Crippen molar-refractivity contribution in [3.8, 4) is 11.4 Å². The number of fused-ring (bicyclic) bond motifs is 3. The monoisotopic (exact) mass is 433 g/mol. The van der Waals surface area contributed by atoms with E-state index < -0.39 is 0 Å². The zero-order valence-corrected chi connectivity index (χ0v) is 18.1. The second-order valence-corrected chi connectivity index (χ2v) is 8.13. The number of piperidine rings is 1. The molecule has 0 bridgehead atoms. The normalized spacial score (nSPS) is 16.6. The molecule has 1 saturated heterocycles. The first-order valence-electron chi connectivity index (χ1n) is 10.9. The molecule has 32 heavy (non-hydrogen) atoms.